The Kier molecular flexibility index (Phi) is 1.19. The van der Waals surface area contributed by atoms with E-state index >= 15 is 0 Å². The van der Waals surface area contributed by atoms with Crippen molar-refractivity contribution in [3.63, 3.8) is 0 Å². The molecule has 1 aliphatic rings. The van der Waals surface area contributed by atoms with Crippen molar-refractivity contribution in [1.29, 1.82) is 0 Å². The van der Waals surface area contributed by atoms with Gasteiger partial charge in [-0.3, -0.25) is 4.68 Å². The fourth-order valence-corrected chi connectivity index (χ4v) is 1.64. The van der Waals surface area contributed by atoms with Crippen LogP contribution in [-0.4, -0.2) is 4.68 Å². The topological polar surface area (TPSA) is 30.9 Å². The lowest BCUT2D eigenvalue weighted by molar-refractivity contribution is 0.690. The number of rotatable bonds is 0. The summed E-state index contributed by atoms with van der Waals surface area (Å²) in [6.07, 6.45) is 9.18. The number of aryl methyl sites for hydroxylation is 2. The Morgan fingerprint density at radius 1 is 1.10 bits per heavy atom. The molecule has 0 saturated carbocycles. The molecule has 2 rings (SSSR count). The molecule has 1 heterocycles. The van der Waals surface area contributed by atoms with Crippen molar-refractivity contribution in [2.45, 2.75) is 25.7 Å². The van der Waals surface area contributed by atoms with Crippen LogP contribution < -0.4 is 5.84 Å². The van der Waals surface area contributed by atoms with Crippen molar-refractivity contribution < 1.29 is 0 Å². The fraction of sp³-hybridized carbons (Fsp3) is 0.500. The van der Waals surface area contributed by atoms with Gasteiger partial charge in [-0.05, 0) is 36.8 Å². The number of aromatic nitrogens is 1. The summed E-state index contributed by atoms with van der Waals surface area (Å²) < 4.78 is 1.68. The van der Waals surface area contributed by atoms with Crippen LogP contribution in [0.2, 0.25) is 0 Å². The van der Waals surface area contributed by atoms with E-state index in [1.165, 1.54) is 36.8 Å². The lowest BCUT2D eigenvalue weighted by Crippen LogP contribution is -2.02. The van der Waals surface area contributed by atoms with Gasteiger partial charge in [-0.1, -0.05) is 0 Å². The smallest absolute Gasteiger partial charge is 0.0291 e. The van der Waals surface area contributed by atoms with Crippen molar-refractivity contribution in [2.75, 3.05) is 5.84 Å². The maximum Gasteiger partial charge on any atom is 0.0291 e. The molecule has 1 aromatic heterocycles. The van der Waals surface area contributed by atoms with Gasteiger partial charge < -0.3 is 5.84 Å². The lowest BCUT2D eigenvalue weighted by Gasteiger charge is -2.08. The molecule has 0 amide bonds. The highest BCUT2D eigenvalue weighted by atomic mass is 15.3. The van der Waals surface area contributed by atoms with Crippen molar-refractivity contribution in [3.8, 4) is 0 Å². The highest BCUT2D eigenvalue weighted by Gasteiger charge is 2.09. The summed E-state index contributed by atoms with van der Waals surface area (Å²) in [5.41, 5.74) is 2.91. The van der Waals surface area contributed by atoms with Crippen LogP contribution in [0.5, 0.6) is 0 Å². The highest BCUT2D eigenvalue weighted by Crippen LogP contribution is 2.20. The van der Waals surface area contributed by atoms with E-state index in [0.717, 1.165) is 0 Å². The van der Waals surface area contributed by atoms with Crippen molar-refractivity contribution in [2.24, 2.45) is 0 Å². The number of hydrogen-bond acceptors (Lipinski definition) is 1. The van der Waals surface area contributed by atoms with Crippen LogP contribution >= 0.6 is 0 Å². The molecule has 10 heavy (non-hydrogen) atoms. The minimum atomic E-state index is 1.22. The van der Waals surface area contributed by atoms with Crippen LogP contribution in [0.15, 0.2) is 12.4 Å². The van der Waals surface area contributed by atoms with Crippen LogP contribution in [-0.2, 0) is 12.8 Å². The third kappa shape index (κ3) is 0.801. The zero-order chi connectivity index (χ0) is 6.97. The highest BCUT2D eigenvalue weighted by molar-refractivity contribution is 5.26. The van der Waals surface area contributed by atoms with E-state index in [1.807, 2.05) is 12.4 Å². The van der Waals surface area contributed by atoms with Gasteiger partial charge in [0.05, 0.1) is 0 Å². The number of nitrogen functional groups attached to an aromatic ring is 1. The quantitative estimate of drug-likeness (QED) is 0.531. The second-order valence-corrected chi connectivity index (χ2v) is 2.96. The van der Waals surface area contributed by atoms with Gasteiger partial charge in [-0.15, -0.1) is 0 Å². The second-order valence-electron chi connectivity index (χ2n) is 2.96. The summed E-state index contributed by atoms with van der Waals surface area (Å²) >= 11 is 0. The zero-order valence-corrected chi connectivity index (χ0v) is 6.01. The van der Waals surface area contributed by atoms with Crippen LogP contribution in [0, 0.1) is 0 Å². The molecule has 0 aromatic carbocycles. The molecule has 2 heteroatoms. The van der Waals surface area contributed by atoms with Gasteiger partial charge in [0.25, 0.3) is 0 Å². The van der Waals surface area contributed by atoms with E-state index in [-0.39, 0.29) is 0 Å². The van der Waals surface area contributed by atoms with Crippen molar-refractivity contribution in [3.05, 3.63) is 23.5 Å². The van der Waals surface area contributed by atoms with Gasteiger partial charge in [-0.25, -0.2) is 0 Å². The molecule has 0 spiro atoms. The summed E-state index contributed by atoms with van der Waals surface area (Å²) in [5.74, 6) is 5.58. The Morgan fingerprint density at radius 3 is 2.10 bits per heavy atom. The van der Waals surface area contributed by atoms with Crippen molar-refractivity contribution >= 4 is 0 Å². The molecule has 2 nitrogen and oxygen atoms in total. The molecule has 0 atom stereocenters. The first-order valence-corrected chi connectivity index (χ1v) is 3.81. The number of hydrogen-bond donors (Lipinski definition) is 1. The third-order valence-electron chi connectivity index (χ3n) is 2.16. The summed E-state index contributed by atoms with van der Waals surface area (Å²) in [6.45, 7) is 0. The molecular weight excluding hydrogens is 124 g/mol. The number of nitrogens with two attached hydrogens (primary N) is 1. The molecular formula is C8H12N2. The lowest BCUT2D eigenvalue weighted by atomic mass is 9.96. The Balaban J connectivity index is 2.41. The maximum absolute atomic E-state index is 5.58. The largest absolute Gasteiger partial charge is 0.340 e. The Hall–Kier alpha value is -0.920. The molecule has 0 unspecified atom stereocenters. The maximum atomic E-state index is 5.58. The Bertz CT molecular complexity index is 214. The van der Waals surface area contributed by atoms with Gasteiger partial charge in [0.15, 0.2) is 0 Å². The number of fused-ring (bicyclic) bond motifs is 1. The Labute approximate surface area is 60.6 Å². The van der Waals surface area contributed by atoms with E-state index in [0.29, 0.717) is 0 Å². The molecule has 0 radical (unpaired) electrons. The molecule has 0 bridgehead atoms. The molecule has 0 saturated heterocycles. The first-order chi connectivity index (χ1) is 4.86. The average molecular weight is 136 g/mol. The molecule has 1 aliphatic carbocycles. The van der Waals surface area contributed by atoms with Crippen LogP contribution in [0.1, 0.15) is 24.0 Å². The van der Waals surface area contributed by atoms with Crippen LogP contribution in [0.25, 0.3) is 0 Å². The monoisotopic (exact) mass is 136 g/mol. The predicted octanol–water partition coefficient (Wildman–Crippen LogP) is 1.08. The molecule has 2 N–H and O–H groups in total. The van der Waals surface area contributed by atoms with Crippen LogP contribution in [0.4, 0.5) is 0 Å². The van der Waals surface area contributed by atoms with Gasteiger partial charge in [0, 0.05) is 12.4 Å². The standard InChI is InChI=1S/C8H12N2/c9-10-5-7-3-1-2-4-8(7)6-10/h5-6H,1-4,9H2. The van der Waals surface area contributed by atoms with Gasteiger partial charge in [-0.2, -0.15) is 0 Å². The third-order valence-corrected chi connectivity index (χ3v) is 2.16. The summed E-state index contributed by atoms with van der Waals surface area (Å²) in [7, 11) is 0. The van der Waals surface area contributed by atoms with Crippen LogP contribution in [0.3, 0.4) is 0 Å². The van der Waals surface area contributed by atoms with E-state index in [2.05, 4.69) is 0 Å². The van der Waals surface area contributed by atoms with E-state index in [9.17, 15) is 0 Å². The summed E-state index contributed by atoms with van der Waals surface area (Å²) in [6, 6.07) is 0. The molecule has 1 aromatic rings. The van der Waals surface area contributed by atoms with E-state index in [1.54, 1.807) is 4.68 Å². The molecule has 0 aliphatic heterocycles. The minimum Gasteiger partial charge on any atom is -0.340 e. The predicted molar refractivity (Wildman–Crippen MR) is 41.2 cm³/mol. The van der Waals surface area contributed by atoms with E-state index in [4.69, 9.17) is 5.84 Å². The van der Waals surface area contributed by atoms with Crippen molar-refractivity contribution in [1.82, 2.24) is 4.68 Å². The second kappa shape index (κ2) is 2.04. The van der Waals surface area contributed by atoms with Gasteiger partial charge in [0.2, 0.25) is 0 Å². The SMILES string of the molecule is Nn1cc2c(c1)CCCC2. The first-order valence-electron chi connectivity index (χ1n) is 3.81. The Morgan fingerprint density at radius 2 is 1.60 bits per heavy atom. The first kappa shape index (κ1) is 5.83. The molecule has 0 fully saturated rings. The zero-order valence-electron chi connectivity index (χ0n) is 6.01. The summed E-state index contributed by atoms with van der Waals surface area (Å²) in [5, 5.41) is 0. The van der Waals surface area contributed by atoms with Gasteiger partial charge in [0.1, 0.15) is 0 Å². The van der Waals surface area contributed by atoms with E-state index < -0.39 is 0 Å². The molecule has 54 valence electrons. The normalized spacial score (nSPS) is 16.8. The summed E-state index contributed by atoms with van der Waals surface area (Å²) in [4.78, 5) is 0. The fourth-order valence-electron chi connectivity index (χ4n) is 1.64. The van der Waals surface area contributed by atoms with Gasteiger partial charge >= 0.3 is 0 Å². The minimum absolute atomic E-state index is 1.22. The average Bonchev–Trinajstić information content (AvgIpc) is 2.27. The number of nitrogens with zero attached hydrogens (tertiary/aromatic N) is 1.